The highest BCUT2D eigenvalue weighted by molar-refractivity contribution is 5.81. The number of carbonyl (C=O) groups is 1. The van der Waals surface area contributed by atoms with Crippen LogP contribution in [0, 0.1) is 6.92 Å². The fourth-order valence-corrected chi connectivity index (χ4v) is 4.02. The van der Waals surface area contributed by atoms with E-state index < -0.39 is 0 Å². The molecule has 2 fully saturated rings. The van der Waals surface area contributed by atoms with Crippen LogP contribution in [0.5, 0.6) is 0 Å². The summed E-state index contributed by atoms with van der Waals surface area (Å²) >= 11 is 0. The molecule has 0 aromatic heterocycles. The van der Waals surface area contributed by atoms with Crippen LogP contribution in [0.3, 0.4) is 0 Å². The number of rotatable bonds is 3. The second kappa shape index (κ2) is 7.24. The first-order chi connectivity index (χ1) is 11.5. The molecule has 0 N–H and O–H groups in total. The Bertz CT molecular complexity index is 572. The number of hydrogen-bond donors (Lipinski definition) is 0. The normalized spacial score (nSPS) is 29.0. The number of ether oxygens (including phenoxy) is 1. The van der Waals surface area contributed by atoms with Gasteiger partial charge in [0.1, 0.15) is 6.10 Å². The van der Waals surface area contributed by atoms with E-state index >= 15 is 0 Å². The molecule has 24 heavy (non-hydrogen) atoms. The van der Waals surface area contributed by atoms with Gasteiger partial charge in [0.25, 0.3) is 5.91 Å². The van der Waals surface area contributed by atoms with Gasteiger partial charge in [-0.3, -0.25) is 9.69 Å². The standard InChI is InChI=1S/C20H30N2O2/c1-4-22-15-20(24-17(3)19(22)23)10-5-12-21(13-11-20)14-18-8-6-16(2)7-9-18/h6-9,17H,4-5,10-15H2,1-3H3/t17-,20+/m0/s1. The first-order valence-corrected chi connectivity index (χ1v) is 9.26. The van der Waals surface area contributed by atoms with E-state index in [0.29, 0.717) is 0 Å². The summed E-state index contributed by atoms with van der Waals surface area (Å²) in [4.78, 5) is 16.7. The van der Waals surface area contributed by atoms with Gasteiger partial charge in [-0.2, -0.15) is 0 Å². The van der Waals surface area contributed by atoms with Crippen LogP contribution in [0.2, 0.25) is 0 Å². The third kappa shape index (κ3) is 3.81. The highest BCUT2D eigenvalue weighted by atomic mass is 16.5. The zero-order chi connectivity index (χ0) is 17.2. The molecular formula is C20H30N2O2. The first kappa shape index (κ1) is 17.4. The minimum Gasteiger partial charge on any atom is -0.360 e. The largest absolute Gasteiger partial charge is 0.360 e. The Morgan fingerprint density at radius 1 is 1.21 bits per heavy atom. The van der Waals surface area contributed by atoms with Crippen LogP contribution in [-0.2, 0) is 16.1 Å². The van der Waals surface area contributed by atoms with Crippen molar-refractivity contribution in [1.29, 1.82) is 0 Å². The lowest BCUT2D eigenvalue weighted by Gasteiger charge is -2.44. The van der Waals surface area contributed by atoms with Gasteiger partial charge >= 0.3 is 0 Å². The molecule has 1 spiro atoms. The zero-order valence-corrected chi connectivity index (χ0v) is 15.3. The van der Waals surface area contributed by atoms with E-state index in [1.54, 1.807) is 0 Å². The molecule has 0 bridgehead atoms. The topological polar surface area (TPSA) is 32.8 Å². The van der Waals surface area contributed by atoms with Crippen molar-refractivity contribution in [2.24, 2.45) is 0 Å². The Kier molecular flexibility index (Phi) is 5.26. The maximum absolute atomic E-state index is 12.2. The quantitative estimate of drug-likeness (QED) is 0.854. The first-order valence-electron chi connectivity index (χ1n) is 9.26. The van der Waals surface area contributed by atoms with Crippen LogP contribution < -0.4 is 0 Å². The lowest BCUT2D eigenvalue weighted by Crippen LogP contribution is -2.58. The van der Waals surface area contributed by atoms with E-state index in [9.17, 15) is 4.79 Å². The minimum absolute atomic E-state index is 0.142. The van der Waals surface area contributed by atoms with Gasteiger partial charge in [-0.1, -0.05) is 29.8 Å². The van der Waals surface area contributed by atoms with Gasteiger partial charge in [0.05, 0.1) is 5.60 Å². The second-order valence-electron chi connectivity index (χ2n) is 7.41. The Hall–Kier alpha value is -1.39. The molecule has 2 aliphatic heterocycles. The molecule has 1 aromatic rings. The number of amides is 1. The molecule has 2 saturated heterocycles. The maximum Gasteiger partial charge on any atom is 0.251 e. The summed E-state index contributed by atoms with van der Waals surface area (Å²) in [5.41, 5.74) is 2.54. The van der Waals surface area contributed by atoms with Crippen molar-refractivity contribution >= 4 is 5.91 Å². The number of hydrogen-bond acceptors (Lipinski definition) is 3. The second-order valence-corrected chi connectivity index (χ2v) is 7.41. The third-order valence-electron chi connectivity index (χ3n) is 5.46. The van der Waals surface area contributed by atoms with E-state index in [1.807, 2.05) is 11.8 Å². The summed E-state index contributed by atoms with van der Waals surface area (Å²) in [6, 6.07) is 8.83. The van der Waals surface area contributed by atoms with Gasteiger partial charge < -0.3 is 9.64 Å². The smallest absolute Gasteiger partial charge is 0.251 e. The summed E-state index contributed by atoms with van der Waals surface area (Å²) in [7, 11) is 0. The van der Waals surface area contributed by atoms with Crippen LogP contribution >= 0.6 is 0 Å². The minimum atomic E-state index is -0.303. The zero-order valence-electron chi connectivity index (χ0n) is 15.3. The predicted octanol–water partition coefficient (Wildman–Crippen LogP) is 2.99. The summed E-state index contributed by atoms with van der Waals surface area (Å²) < 4.78 is 6.24. The number of nitrogens with zero attached hydrogens (tertiary/aromatic N) is 2. The summed E-state index contributed by atoms with van der Waals surface area (Å²) in [6.45, 7) is 10.8. The van der Waals surface area contributed by atoms with Gasteiger partial charge in [-0.15, -0.1) is 0 Å². The fourth-order valence-electron chi connectivity index (χ4n) is 4.02. The number of aryl methyl sites for hydroxylation is 1. The van der Waals surface area contributed by atoms with Gasteiger partial charge in [-0.05, 0) is 52.1 Å². The van der Waals surface area contributed by atoms with Crippen LogP contribution in [-0.4, -0.2) is 53.6 Å². The monoisotopic (exact) mass is 330 g/mol. The summed E-state index contributed by atoms with van der Waals surface area (Å²) in [6.07, 6.45) is 2.88. The SMILES string of the molecule is CCN1C[C@]2(CCCN(Cc3ccc(C)cc3)CC2)O[C@@H](C)C1=O. The number of carbonyl (C=O) groups excluding carboxylic acids is 1. The van der Waals surface area contributed by atoms with Crippen LogP contribution in [0.1, 0.15) is 44.2 Å². The molecule has 4 heteroatoms. The van der Waals surface area contributed by atoms with Gasteiger partial charge in [0.15, 0.2) is 0 Å². The molecule has 0 aliphatic carbocycles. The molecule has 0 unspecified atom stereocenters. The van der Waals surface area contributed by atoms with Crippen molar-refractivity contribution in [1.82, 2.24) is 9.80 Å². The third-order valence-corrected chi connectivity index (χ3v) is 5.46. The summed E-state index contributed by atoms with van der Waals surface area (Å²) in [5.74, 6) is 0.142. The molecule has 2 atom stereocenters. The van der Waals surface area contributed by atoms with Crippen molar-refractivity contribution in [3.63, 3.8) is 0 Å². The van der Waals surface area contributed by atoms with Crippen molar-refractivity contribution in [3.05, 3.63) is 35.4 Å². The van der Waals surface area contributed by atoms with E-state index in [-0.39, 0.29) is 17.6 Å². The number of likely N-dealkylation sites (N-methyl/N-ethyl adjacent to an activating group) is 1. The van der Waals surface area contributed by atoms with Crippen LogP contribution in [0.25, 0.3) is 0 Å². The van der Waals surface area contributed by atoms with Crippen LogP contribution in [0.4, 0.5) is 0 Å². The Balaban J connectivity index is 1.64. The molecule has 2 aliphatic rings. The number of likely N-dealkylation sites (tertiary alicyclic amines) is 1. The highest BCUT2D eigenvalue weighted by Crippen LogP contribution is 2.33. The lowest BCUT2D eigenvalue weighted by molar-refractivity contribution is -0.182. The average Bonchev–Trinajstić information content (AvgIpc) is 2.76. The molecule has 1 aromatic carbocycles. The Labute approximate surface area is 145 Å². The molecule has 0 saturated carbocycles. The number of benzene rings is 1. The van der Waals surface area contributed by atoms with Crippen molar-refractivity contribution < 1.29 is 9.53 Å². The van der Waals surface area contributed by atoms with Gasteiger partial charge in [0.2, 0.25) is 0 Å². The molecular weight excluding hydrogens is 300 g/mol. The molecule has 2 heterocycles. The molecule has 3 rings (SSSR count). The molecule has 132 valence electrons. The van der Waals surface area contributed by atoms with Crippen molar-refractivity contribution in [2.75, 3.05) is 26.2 Å². The predicted molar refractivity (Wildman–Crippen MR) is 95.8 cm³/mol. The Morgan fingerprint density at radius 3 is 2.67 bits per heavy atom. The highest BCUT2D eigenvalue weighted by Gasteiger charge is 2.43. The van der Waals surface area contributed by atoms with Crippen molar-refractivity contribution in [2.45, 2.75) is 58.3 Å². The van der Waals surface area contributed by atoms with Gasteiger partial charge in [0, 0.05) is 26.2 Å². The van der Waals surface area contributed by atoms with E-state index in [1.165, 1.54) is 11.1 Å². The average molecular weight is 330 g/mol. The summed E-state index contributed by atoms with van der Waals surface area (Å²) in [5, 5.41) is 0. The van der Waals surface area contributed by atoms with Crippen LogP contribution in [0.15, 0.2) is 24.3 Å². The maximum atomic E-state index is 12.2. The van der Waals surface area contributed by atoms with E-state index in [4.69, 9.17) is 4.74 Å². The Morgan fingerprint density at radius 2 is 1.96 bits per heavy atom. The fraction of sp³-hybridized carbons (Fsp3) is 0.650. The molecule has 4 nitrogen and oxygen atoms in total. The molecule has 0 radical (unpaired) electrons. The number of morpholine rings is 1. The van der Waals surface area contributed by atoms with E-state index in [2.05, 4.69) is 43.0 Å². The molecule has 1 amide bonds. The lowest BCUT2D eigenvalue weighted by atomic mass is 9.91. The van der Waals surface area contributed by atoms with Crippen molar-refractivity contribution in [3.8, 4) is 0 Å². The van der Waals surface area contributed by atoms with Gasteiger partial charge in [-0.25, -0.2) is 0 Å². The van der Waals surface area contributed by atoms with E-state index in [0.717, 1.165) is 52.0 Å².